The van der Waals surface area contributed by atoms with Crippen LogP contribution in [0.15, 0.2) is 41.7 Å². The van der Waals surface area contributed by atoms with Gasteiger partial charge in [0.05, 0.1) is 19.3 Å². The van der Waals surface area contributed by atoms with Crippen LogP contribution in [0.2, 0.25) is 5.02 Å². The highest BCUT2D eigenvalue weighted by atomic mass is 127. The second kappa shape index (κ2) is 11.3. The van der Waals surface area contributed by atoms with E-state index in [1.807, 2.05) is 43.3 Å². The number of ether oxygens (including phenoxy) is 1. The van der Waals surface area contributed by atoms with E-state index in [1.165, 1.54) is 5.56 Å². The fourth-order valence-electron chi connectivity index (χ4n) is 4.04. The molecular formula is C22H33ClIN5O. The Bertz CT molecular complexity index is 819. The van der Waals surface area contributed by atoms with Gasteiger partial charge in [-0.1, -0.05) is 37.6 Å². The Morgan fingerprint density at radius 2 is 2.00 bits per heavy atom. The summed E-state index contributed by atoms with van der Waals surface area (Å²) in [5.74, 6) is 0.919. The van der Waals surface area contributed by atoms with Gasteiger partial charge in [-0.3, -0.25) is 9.67 Å². The zero-order chi connectivity index (χ0) is 20.9. The Labute approximate surface area is 202 Å². The molecule has 0 bridgehead atoms. The number of aromatic nitrogens is 2. The molecule has 0 spiro atoms. The van der Waals surface area contributed by atoms with Crippen molar-refractivity contribution < 1.29 is 4.74 Å². The van der Waals surface area contributed by atoms with Crippen molar-refractivity contribution in [2.75, 3.05) is 33.3 Å². The van der Waals surface area contributed by atoms with Crippen LogP contribution < -0.4 is 5.32 Å². The number of guanidine groups is 1. The van der Waals surface area contributed by atoms with Crippen LogP contribution in [-0.4, -0.2) is 53.9 Å². The van der Waals surface area contributed by atoms with Crippen molar-refractivity contribution in [2.45, 2.75) is 38.2 Å². The normalized spacial score (nSPS) is 17.6. The summed E-state index contributed by atoms with van der Waals surface area (Å²) in [7, 11) is 3.77. The van der Waals surface area contributed by atoms with Gasteiger partial charge in [0.2, 0.25) is 0 Å². The SMILES string of the molecule is CCC(CC)(CNC(=NC)N1CCOC(c2cnn(C)c2)C1)c1ccc(Cl)cc1.I. The third-order valence-electron chi connectivity index (χ3n) is 6.07. The lowest BCUT2D eigenvalue weighted by Gasteiger charge is -2.38. The van der Waals surface area contributed by atoms with Crippen LogP contribution in [0.25, 0.3) is 0 Å². The predicted octanol–water partition coefficient (Wildman–Crippen LogP) is 4.40. The first-order valence-corrected chi connectivity index (χ1v) is 10.7. The van der Waals surface area contributed by atoms with Crippen molar-refractivity contribution in [3.05, 3.63) is 52.8 Å². The van der Waals surface area contributed by atoms with Crippen molar-refractivity contribution in [1.29, 1.82) is 0 Å². The molecule has 1 atom stereocenters. The van der Waals surface area contributed by atoms with E-state index in [2.05, 4.69) is 46.3 Å². The summed E-state index contributed by atoms with van der Waals surface area (Å²) in [6, 6.07) is 8.25. The molecule has 1 saturated heterocycles. The lowest BCUT2D eigenvalue weighted by atomic mass is 9.76. The van der Waals surface area contributed by atoms with Crippen LogP contribution in [0, 0.1) is 0 Å². The van der Waals surface area contributed by atoms with E-state index < -0.39 is 0 Å². The Morgan fingerprint density at radius 3 is 2.57 bits per heavy atom. The molecule has 1 aliphatic heterocycles. The maximum atomic E-state index is 6.11. The number of aryl methyl sites for hydroxylation is 1. The van der Waals surface area contributed by atoms with E-state index >= 15 is 0 Å². The second-order valence-electron chi connectivity index (χ2n) is 7.65. The highest BCUT2D eigenvalue weighted by Gasteiger charge is 2.30. The Morgan fingerprint density at radius 1 is 1.30 bits per heavy atom. The quantitative estimate of drug-likeness (QED) is 0.332. The number of rotatable bonds is 6. The topological polar surface area (TPSA) is 54.7 Å². The van der Waals surface area contributed by atoms with Crippen LogP contribution in [0.4, 0.5) is 0 Å². The Balaban J connectivity index is 0.00000320. The van der Waals surface area contributed by atoms with Crippen LogP contribution in [0.5, 0.6) is 0 Å². The van der Waals surface area contributed by atoms with Crippen molar-refractivity contribution in [3.63, 3.8) is 0 Å². The molecule has 6 nitrogen and oxygen atoms in total. The second-order valence-corrected chi connectivity index (χ2v) is 8.08. The molecule has 1 N–H and O–H groups in total. The first-order chi connectivity index (χ1) is 14.0. The average molecular weight is 546 g/mol. The van der Waals surface area contributed by atoms with Gasteiger partial charge in [0, 0.05) is 49.4 Å². The van der Waals surface area contributed by atoms with Crippen molar-refractivity contribution in [2.24, 2.45) is 12.0 Å². The lowest BCUT2D eigenvalue weighted by molar-refractivity contribution is -0.00812. The molecule has 1 unspecified atom stereocenters. The van der Waals surface area contributed by atoms with Gasteiger partial charge < -0.3 is 15.0 Å². The summed E-state index contributed by atoms with van der Waals surface area (Å²) in [6.45, 7) is 7.57. The Kier molecular flexibility index (Phi) is 9.43. The standard InChI is InChI=1S/C22H32ClN5O.HI/c1-5-22(6-2,18-7-9-19(23)10-8-18)16-25-21(24-3)28-11-12-29-20(15-28)17-13-26-27(4)14-17;/h7-10,13-14,20H,5-6,11-12,15-16H2,1-4H3,(H,24,25);1H. The van der Waals surface area contributed by atoms with Crippen LogP contribution in [-0.2, 0) is 17.2 Å². The minimum atomic E-state index is 0. The van der Waals surface area contributed by atoms with Crippen molar-refractivity contribution in [1.82, 2.24) is 20.0 Å². The van der Waals surface area contributed by atoms with Crippen LogP contribution in [0.3, 0.4) is 0 Å². The molecule has 1 aliphatic rings. The van der Waals surface area contributed by atoms with Gasteiger partial charge >= 0.3 is 0 Å². The maximum Gasteiger partial charge on any atom is 0.193 e. The number of halogens is 2. The molecule has 3 rings (SSSR count). The summed E-state index contributed by atoms with van der Waals surface area (Å²) in [5, 5.41) is 8.69. The number of hydrogen-bond donors (Lipinski definition) is 1. The van der Waals surface area contributed by atoms with E-state index in [1.54, 1.807) is 0 Å². The molecule has 0 amide bonds. The fraction of sp³-hybridized carbons (Fsp3) is 0.545. The minimum Gasteiger partial charge on any atom is -0.370 e. The molecule has 0 saturated carbocycles. The highest BCUT2D eigenvalue weighted by Crippen LogP contribution is 2.32. The van der Waals surface area contributed by atoms with Gasteiger partial charge in [0.15, 0.2) is 5.96 Å². The average Bonchev–Trinajstić information content (AvgIpc) is 3.19. The van der Waals surface area contributed by atoms with E-state index in [9.17, 15) is 0 Å². The minimum absolute atomic E-state index is 0. The molecule has 2 aromatic rings. The number of morpholine rings is 1. The number of hydrogen-bond acceptors (Lipinski definition) is 3. The van der Waals surface area contributed by atoms with Crippen LogP contribution in [0.1, 0.15) is 43.9 Å². The van der Waals surface area contributed by atoms with Crippen molar-refractivity contribution in [3.8, 4) is 0 Å². The van der Waals surface area contributed by atoms with Gasteiger partial charge in [0.25, 0.3) is 0 Å². The zero-order valence-corrected chi connectivity index (χ0v) is 21.4. The fourth-order valence-corrected chi connectivity index (χ4v) is 4.17. The third-order valence-corrected chi connectivity index (χ3v) is 6.32. The van der Waals surface area contributed by atoms with Gasteiger partial charge in [-0.05, 0) is 30.5 Å². The maximum absolute atomic E-state index is 6.11. The van der Waals surface area contributed by atoms with E-state index in [0.717, 1.165) is 49.0 Å². The lowest BCUT2D eigenvalue weighted by Crippen LogP contribution is -2.51. The zero-order valence-electron chi connectivity index (χ0n) is 18.3. The largest absolute Gasteiger partial charge is 0.370 e. The molecule has 1 fully saturated rings. The van der Waals surface area contributed by atoms with E-state index in [0.29, 0.717) is 6.61 Å². The summed E-state index contributed by atoms with van der Waals surface area (Å²) >= 11 is 6.11. The first kappa shape index (κ1) is 24.9. The number of nitrogens with one attached hydrogen (secondary N) is 1. The first-order valence-electron chi connectivity index (χ1n) is 10.3. The molecule has 8 heteroatoms. The molecule has 0 aliphatic carbocycles. The summed E-state index contributed by atoms with van der Waals surface area (Å²) in [6.07, 6.45) is 5.98. The summed E-state index contributed by atoms with van der Waals surface area (Å²) in [5.41, 5.74) is 2.45. The van der Waals surface area contributed by atoms with E-state index in [-0.39, 0.29) is 35.5 Å². The molecular weight excluding hydrogens is 513 g/mol. The number of nitrogens with zero attached hydrogens (tertiary/aromatic N) is 4. The van der Waals surface area contributed by atoms with Crippen molar-refractivity contribution >= 4 is 41.5 Å². The third kappa shape index (κ3) is 5.68. The monoisotopic (exact) mass is 545 g/mol. The van der Waals surface area contributed by atoms with Gasteiger partial charge in [-0.15, -0.1) is 24.0 Å². The number of aliphatic imine (C=N–C) groups is 1. The smallest absolute Gasteiger partial charge is 0.193 e. The van der Waals surface area contributed by atoms with Gasteiger partial charge in [-0.2, -0.15) is 5.10 Å². The van der Waals surface area contributed by atoms with Gasteiger partial charge in [-0.25, -0.2) is 0 Å². The Hall–Kier alpha value is -1.32. The molecule has 2 heterocycles. The van der Waals surface area contributed by atoms with Gasteiger partial charge in [0.1, 0.15) is 6.10 Å². The van der Waals surface area contributed by atoms with E-state index in [4.69, 9.17) is 16.3 Å². The highest BCUT2D eigenvalue weighted by molar-refractivity contribution is 14.0. The summed E-state index contributed by atoms with van der Waals surface area (Å²) < 4.78 is 7.79. The predicted molar refractivity (Wildman–Crippen MR) is 134 cm³/mol. The molecule has 1 aromatic carbocycles. The molecule has 1 aromatic heterocycles. The molecule has 30 heavy (non-hydrogen) atoms. The molecule has 0 radical (unpaired) electrons. The van der Waals surface area contributed by atoms with Crippen LogP contribution >= 0.6 is 35.6 Å². The summed E-state index contributed by atoms with van der Waals surface area (Å²) in [4.78, 5) is 6.84. The molecule has 166 valence electrons. The number of benzene rings is 1.